The molecule has 3 aromatic heterocycles. The van der Waals surface area contributed by atoms with Crippen LogP contribution in [-0.2, 0) is 6.54 Å². The number of aromatic nitrogens is 3. The number of pyridine rings is 2. The first-order valence-corrected chi connectivity index (χ1v) is 6.09. The van der Waals surface area contributed by atoms with Gasteiger partial charge in [0.1, 0.15) is 5.65 Å². The van der Waals surface area contributed by atoms with E-state index >= 15 is 0 Å². The van der Waals surface area contributed by atoms with Gasteiger partial charge in [0.15, 0.2) is 11.5 Å². The van der Waals surface area contributed by atoms with E-state index in [0.29, 0.717) is 18.0 Å². The van der Waals surface area contributed by atoms with E-state index in [1.807, 2.05) is 18.2 Å². The third kappa shape index (κ3) is 2.18. The van der Waals surface area contributed by atoms with Gasteiger partial charge in [-0.2, -0.15) is 0 Å². The second-order valence-corrected chi connectivity index (χ2v) is 4.25. The quantitative estimate of drug-likeness (QED) is 0.757. The molecule has 100 valence electrons. The number of hydrogen-bond acceptors (Lipinski definition) is 4. The van der Waals surface area contributed by atoms with Gasteiger partial charge in [-0.15, -0.1) is 0 Å². The summed E-state index contributed by atoms with van der Waals surface area (Å²) in [7, 11) is 0. The minimum atomic E-state index is -1.01. The van der Waals surface area contributed by atoms with Gasteiger partial charge in [-0.1, -0.05) is 6.07 Å². The summed E-state index contributed by atoms with van der Waals surface area (Å²) in [5.74, 6) is -0.651. The van der Waals surface area contributed by atoms with Crippen molar-refractivity contribution in [3.05, 3.63) is 60.2 Å². The number of nitrogens with one attached hydrogen (secondary N) is 1. The van der Waals surface area contributed by atoms with Crippen LogP contribution in [-0.4, -0.2) is 25.4 Å². The number of hydrogen-bond donors (Lipinski definition) is 2. The Bertz CT molecular complexity index is 752. The number of carbonyl (C=O) groups is 1. The van der Waals surface area contributed by atoms with Gasteiger partial charge in [0, 0.05) is 25.1 Å². The molecule has 0 aromatic carbocycles. The highest BCUT2D eigenvalue weighted by atomic mass is 16.4. The van der Waals surface area contributed by atoms with Gasteiger partial charge in [-0.25, -0.2) is 9.78 Å². The van der Waals surface area contributed by atoms with Gasteiger partial charge in [0.05, 0.1) is 0 Å². The second kappa shape index (κ2) is 5.00. The van der Waals surface area contributed by atoms with Crippen LogP contribution in [0.4, 0.5) is 5.82 Å². The van der Waals surface area contributed by atoms with Crippen LogP contribution in [0.25, 0.3) is 5.65 Å². The standard InChI is InChI=1S/C14H12N4O2/c19-14(20)12-13(16-9-10-4-6-15-7-5-10)17-11-3-1-2-8-18(11)12/h1-8,16H,9H2,(H,19,20). The molecule has 3 heterocycles. The number of anilines is 1. The molecule has 2 N–H and O–H groups in total. The maximum absolute atomic E-state index is 11.4. The monoisotopic (exact) mass is 268 g/mol. The minimum absolute atomic E-state index is 0.134. The van der Waals surface area contributed by atoms with E-state index < -0.39 is 5.97 Å². The fourth-order valence-corrected chi connectivity index (χ4v) is 2.01. The average Bonchev–Trinajstić information content (AvgIpc) is 2.84. The van der Waals surface area contributed by atoms with Gasteiger partial charge >= 0.3 is 5.97 Å². The van der Waals surface area contributed by atoms with Crippen LogP contribution >= 0.6 is 0 Å². The van der Waals surface area contributed by atoms with E-state index in [0.717, 1.165) is 5.56 Å². The molecule has 0 spiro atoms. The molecule has 0 saturated carbocycles. The van der Waals surface area contributed by atoms with Crippen molar-refractivity contribution in [1.82, 2.24) is 14.4 Å². The van der Waals surface area contributed by atoms with E-state index in [4.69, 9.17) is 0 Å². The maximum atomic E-state index is 11.4. The molecule has 6 heteroatoms. The molecule has 6 nitrogen and oxygen atoms in total. The molecule has 0 aliphatic rings. The summed E-state index contributed by atoms with van der Waals surface area (Å²) in [5, 5.41) is 12.4. The lowest BCUT2D eigenvalue weighted by atomic mass is 10.2. The van der Waals surface area contributed by atoms with Crippen molar-refractivity contribution in [3.63, 3.8) is 0 Å². The number of fused-ring (bicyclic) bond motifs is 1. The summed E-state index contributed by atoms with van der Waals surface area (Å²) in [6, 6.07) is 9.09. The molecule has 0 aliphatic heterocycles. The van der Waals surface area contributed by atoms with Gasteiger partial charge in [0.2, 0.25) is 0 Å². The van der Waals surface area contributed by atoms with Crippen LogP contribution in [0, 0.1) is 0 Å². The molecule has 0 atom stereocenters. The smallest absolute Gasteiger partial charge is 0.356 e. The second-order valence-electron chi connectivity index (χ2n) is 4.25. The fraction of sp³-hybridized carbons (Fsp3) is 0.0714. The first kappa shape index (κ1) is 12.2. The van der Waals surface area contributed by atoms with Crippen LogP contribution in [0.15, 0.2) is 48.9 Å². The van der Waals surface area contributed by atoms with E-state index in [9.17, 15) is 9.90 Å². The van der Waals surface area contributed by atoms with E-state index in [-0.39, 0.29) is 5.69 Å². The molecule has 3 aromatic rings. The van der Waals surface area contributed by atoms with Crippen molar-refractivity contribution in [3.8, 4) is 0 Å². The van der Waals surface area contributed by atoms with Crippen LogP contribution < -0.4 is 5.32 Å². The molecule has 0 saturated heterocycles. The number of carboxylic acids is 1. The Hall–Kier alpha value is -2.89. The first-order chi connectivity index (χ1) is 9.75. The summed E-state index contributed by atoms with van der Waals surface area (Å²) in [5.41, 5.74) is 1.74. The number of imidazole rings is 1. The highest BCUT2D eigenvalue weighted by Crippen LogP contribution is 2.18. The summed E-state index contributed by atoms with van der Waals surface area (Å²) in [4.78, 5) is 19.6. The van der Waals surface area contributed by atoms with Crippen molar-refractivity contribution in [2.75, 3.05) is 5.32 Å². The van der Waals surface area contributed by atoms with Crippen LogP contribution in [0.1, 0.15) is 16.1 Å². The van der Waals surface area contributed by atoms with Crippen molar-refractivity contribution in [1.29, 1.82) is 0 Å². The zero-order valence-corrected chi connectivity index (χ0v) is 10.5. The Morgan fingerprint density at radius 3 is 2.80 bits per heavy atom. The van der Waals surface area contributed by atoms with Crippen LogP contribution in [0.5, 0.6) is 0 Å². The number of carboxylic acid groups (broad SMARTS) is 1. The number of rotatable bonds is 4. The molecule has 0 radical (unpaired) electrons. The van der Waals surface area contributed by atoms with E-state index in [1.165, 1.54) is 0 Å². The van der Waals surface area contributed by atoms with E-state index in [2.05, 4.69) is 15.3 Å². The Labute approximate surface area is 114 Å². The molecule has 0 unspecified atom stereocenters. The van der Waals surface area contributed by atoms with Gasteiger partial charge < -0.3 is 10.4 Å². The lowest BCUT2D eigenvalue weighted by Gasteiger charge is -2.04. The Balaban J connectivity index is 1.95. The third-order valence-corrected chi connectivity index (χ3v) is 2.94. The van der Waals surface area contributed by atoms with Crippen molar-refractivity contribution >= 4 is 17.4 Å². The predicted molar refractivity (Wildman–Crippen MR) is 73.7 cm³/mol. The van der Waals surface area contributed by atoms with Crippen LogP contribution in [0.3, 0.4) is 0 Å². The fourth-order valence-electron chi connectivity index (χ4n) is 2.01. The average molecular weight is 268 g/mol. The molecular formula is C14H12N4O2. The molecule has 0 amide bonds. The summed E-state index contributed by atoms with van der Waals surface area (Å²) < 4.78 is 1.55. The van der Waals surface area contributed by atoms with Gasteiger partial charge in [-0.05, 0) is 29.8 Å². The predicted octanol–water partition coefficient (Wildman–Crippen LogP) is 2.04. The maximum Gasteiger partial charge on any atom is 0.356 e. The molecule has 3 rings (SSSR count). The highest BCUT2D eigenvalue weighted by Gasteiger charge is 2.17. The highest BCUT2D eigenvalue weighted by molar-refractivity contribution is 5.92. The van der Waals surface area contributed by atoms with Crippen molar-refractivity contribution < 1.29 is 9.90 Å². The van der Waals surface area contributed by atoms with Crippen molar-refractivity contribution in [2.24, 2.45) is 0 Å². The zero-order chi connectivity index (χ0) is 13.9. The topological polar surface area (TPSA) is 79.5 Å². The third-order valence-electron chi connectivity index (χ3n) is 2.94. The molecule has 0 fully saturated rings. The van der Waals surface area contributed by atoms with Gasteiger partial charge in [0.25, 0.3) is 0 Å². The minimum Gasteiger partial charge on any atom is -0.476 e. The summed E-state index contributed by atoms with van der Waals surface area (Å²) in [6.45, 7) is 0.493. The summed E-state index contributed by atoms with van der Waals surface area (Å²) >= 11 is 0. The largest absolute Gasteiger partial charge is 0.476 e. The lowest BCUT2D eigenvalue weighted by molar-refractivity contribution is 0.0690. The first-order valence-electron chi connectivity index (χ1n) is 6.09. The summed E-state index contributed by atoms with van der Waals surface area (Å²) in [6.07, 6.45) is 5.07. The molecule has 0 aliphatic carbocycles. The Morgan fingerprint density at radius 2 is 2.05 bits per heavy atom. The molecule has 0 bridgehead atoms. The molecular weight excluding hydrogens is 256 g/mol. The van der Waals surface area contributed by atoms with Crippen LogP contribution in [0.2, 0.25) is 0 Å². The van der Waals surface area contributed by atoms with Gasteiger partial charge in [-0.3, -0.25) is 9.38 Å². The number of nitrogens with zero attached hydrogens (tertiary/aromatic N) is 3. The zero-order valence-electron chi connectivity index (χ0n) is 10.5. The normalized spacial score (nSPS) is 10.6. The molecule has 20 heavy (non-hydrogen) atoms. The van der Waals surface area contributed by atoms with E-state index in [1.54, 1.807) is 35.1 Å². The lowest BCUT2D eigenvalue weighted by Crippen LogP contribution is -2.07. The Kier molecular flexibility index (Phi) is 3.04. The van der Waals surface area contributed by atoms with Crippen molar-refractivity contribution in [2.45, 2.75) is 6.54 Å². The SMILES string of the molecule is O=C(O)c1c(NCc2ccncc2)nc2ccccn12. The Morgan fingerprint density at radius 1 is 1.25 bits per heavy atom. The number of aromatic carboxylic acids is 1.